The predicted molar refractivity (Wildman–Crippen MR) is 83.7 cm³/mol. The summed E-state index contributed by atoms with van der Waals surface area (Å²) in [7, 11) is 1.59. The average molecular weight is 301 g/mol. The number of phenols is 1. The molecule has 0 atom stereocenters. The minimum absolute atomic E-state index is 0.00807. The fourth-order valence-corrected chi connectivity index (χ4v) is 1.96. The van der Waals surface area contributed by atoms with E-state index in [-0.39, 0.29) is 17.2 Å². The van der Waals surface area contributed by atoms with Gasteiger partial charge in [-0.25, -0.2) is 0 Å². The third-order valence-corrected chi connectivity index (χ3v) is 3.18. The third-order valence-electron chi connectivity index (χ3n) is 3.18. The summed E-state index contributed by atoms with van der Waals surface area (Å²) in [6, 6.07) is 12.3. The number of hydrogen-bond acceptors (Lipinski definition) is 4. The Kier molecular flexibility index (Phi) is 5.25. The lowest BCUT2D eigenvalue weighted by molar-refractivity contribution is 0.0944. The Labute approximate surface area is 129 Å². The number of aromatic hydroxyl groups is 1. The number of para-hydroxylation sites is 1. The van der Waals surface area contributed by atoms with E-state index in [4.69, 9.17) is 9.47 Å². The van der Waals surface area contributed by atoms with E-state index in [0.29, 0.717) is 30.2 Å². The van der Waals surface area contributed by atoms with Crippen LogP contribution in [0.25, 0.3) is 0 Å². The topological polar surface area (TPSA) is 67.8 Å². The summed E-state index contributed by atoms with van der Waals surface area (Å²) in [6.07, 6.45) is 0. The largest absolute Gasteiger partial charge is 0.507 e. The SMILES string of the molecule is COc1cccc(OCCNC(=O)c2cccc(C)c2O)c1. The molecule has 5 nitrogen and oxygen atoms in total. The molecule has 0 aliphatic rings. The van der Waals surface area contributed by atoms with Crippen molar-refractivity contribution in [2.75, 3.05) is 20.3 Å². The zero-order chi connectivity index (χ0) is 15.9. The van der Waals surface area contributed by atoms with Crippen LogP contribution in [0, 0.1) is 6.92 Å². The molecule has 1 amide bonds. The summed E-state index contributed by atoms with van der Waals surface area (Å²) in [4.78, 5) is 12.0. The Bertz CT molecular complexity index is 655. The molecule has 2 aromatic rings. The molecule has 0 saturated heterocycles. The molecule has 2 N–H and O–H groups in total. The number of hydrogen-bond donors (Lipinski definition) is 2. The molecule has 0 bridgehead atoms. The monoisotopic (exact) mass is 301 g/mol. The highest BCUT2D eigenvalue weighted by Gasteiger charge is 2.11. The first-order chi connectivity index (χ1) is 10.6. The number of nitrogens with one attached hydrogen (secondary N) is 1. The van der Waals surface area contributed by atoms with Crippen molar-refractivity contribution in [3.05, 3.63) is 53.6 Å². The molecule has 0 unspecified atom stereocenters. The molecule has 22 heavy (non-hydrogen) atoms. The molecule has 0 fully saturated rings. The fraction of sp³-hybridized carbons (Fsp3) is 0.235. The van der Waals surface area contributed by atoms with Crippen molar-refractivity contribution in [2.24, 2.45) is 0 Å². The minimum atomic E-state index is -0.324. The van der Waals surface area contributed by atoms with Gasteiger partial charge in [0.1, 0.15) is 23.9 Å². The lowest BCUT2D eigenvalue weighted by Gasteiger charge is -2.10. The number of benzene rings is 2. The van der Waals surface area contributed by atoms with Crippen LogP contribution in [0.3, 0.4) is 0 Å². The first-order valence-electron chi connectivity index (χ1n) is 6.95. The van der Waals surface area contributed by atoms with Crippen LogP contribution in [0.15, 0.2) is 42.5 Å². The van der Waals surface area contributed by atoms with Crippen molar-refractivity contribution in [3.8, 4) is 17.2 Å². The van der Waals surface area contributed by atoms with Crippen LogP contribution in [0.4, 0.5) is 0 Å². The standard InChI is InChI=1S/C17H19NO4/c1-12-5-3-8-15(16(12)19)17(20)18-9-10-22-14-7-4-6-13(11-14)21-2/h3-8,11,19H,9-10H2,1-2H3,(H,18,20). The second-order valence-corrected chi connectivity index (χ2v) is 4.75. The van der Waals surface area contributed by atoms with Gasteiger partial charge < -0.3 is 19.9 Å². The van der Waals surface area contributed by atoms with Gasteiger partial charge in [0.25, 0.3) is 5.91 Å². The molecule has 0 aliphatic heterocycles. The lowest BCUT2D eigenvalue weighted by atomic mass is 10.1. The maximum Gasteiger partial charge on any atom is 0.255 e. The van der Waals surface area contributed by atoms with E-state index >= 15 is 0 Å². The molecule has 5 heteroatoms. The Hall–Kier alpha value is -2.69. The Morgan fingerprint density at radius 2 is 1.91 bits per heavy atom. The van der Waals surface area contributed by atoms with Gasteiger partial charge in [-0.3, -0.25) is 4.79 Å². The Morgan fingerprint density at radius 3 is 2.68 bits per heavy atom. The average Bonchev–Trinajstić information content (AvgIpc) is 2.54. The lowest BCUT2D eigenvalue weighted by Crippen LogP contribution is -2.28. The van der Waals surface area contributed by atoms with Crippen molar-refractivity contribution in [1.82, 2.24) is 5.32 Å². The first-order valence-corrected chi connectivity index (χ1v) is 6.95. The second kappa shape index (κ2) is 7.36. The first kappa shape index (κ1) is 15.7. The number of rotatable bonds is 6. The second-order valence-electron chi connectivity index (χ2n) is 4.75. The van der Waals surface area contributed by atoms with E-state index in [1.165, 1.54) is 0 Å². The van der Waals surface area contributed by atoms with Crippen molar-refractivity contribution in [2.45, 2.75) is 6.92 Å². The van der Waals surface area contributed by atoms with E-state index in [0.717, 1.165) is 0 Å². The molecule has 0 heterocycles. The summed E-state index contributed by atoms with van der Waals surface area (Å²) in [5.74, 6) is 1.07. The van der Waals surface area contributed by atoms with E-state index in [9.17, 15) is 9.90 Å². The maximum atomic E-state index is 12.0. The van der Waals surface area contributed by atoms with Crippen LogP contribution in [-0.4, -0.2) is 31.3 Å². The van der Waals surface area contributed by atoms with Gasteiger partial charge in [0.2, 0.25) is 0 Å². The van der Waals surface area contributed by atoms with Crippen LogP contribution in [0.1, 0.15) is 15.9 Å². The van der Waals surface area contributed by atoms with Crippen LogP contribution >= 0.6 is 0 Å². The fourth-order valence-electron chi connectivity index (χ4n) is 1.96. The molecule has 0 spiro atoms. The molecule has 0 aliphatic carbocycles. The predicted octanol–water partition coefficient (Wildman–Crippen LogP) is 2.52. The summed E-state index contributed by atoms with van der Waals surface area (Å²) in [5.41, 5.74) is 0.932. The number of amides is 1. The maximum absolute atomic E-state index is 12.0. The molecule has 0 saturated carbocycles. The highest BCUT2D eigenvalue weighted by molar-refractivity contribution is 5.97. The summed E-state index contributed by atoms with van der Waals surface area (Å²) >= 11 is 0. The zero-order valence-corrected chi connectivity index (χ0v) is 12.6. The smallest absolute Gasteiger partial charge is 0.255 e. The molecule has 116 valence electrons. The molecular weight excluding hydrogens is 282 g/mol. The summed E-state index contributed by atoms with van der Waals surface area (Å²) in [5, 5.41) is 12.6. The van der Waals surface area contributed by atoms with E-state index in [1.807, 2.05) is 18.2 Å². The molecule has 0 radical (unpaired) electrons. The quantitative estimate of drug-likeness (QED) is 0.805. The number of ether oxygens (including phenoxy) is 2. The van der Waals surface area contributed by atoms with Gasteiger partial charge in [0.05, 0.1) is 19.2 Å². The van der Waals surface area contributed by atoms with Gasteiger partial charge in [0.15, 0.2) is 0 Å². The third kappa shape index (κ3) is 3.91. The van der Waals surface area contributed by atoms with Crippen LogP contribution in [0.2, 0.25) is 0 Å². The van der Waals surface area contributed by atoms with E-state index in [1.54, 1.807) is 38.3 Å². The zero-order valence-electron chi connectivity index (χ0n) is 12.6. The van der Waals surface area contributed by atoms with Crippen molar-refractivity contribution in [1.29, 1.82) is 0 Å². The van der Waals surface area contributed by atoms with Gasteiger partial charge in [0, 0.05) is 6.07 Å². The molecule has 0 aromatic heterocycles. The van der Waals surface area contributed by atoms with Gasteiger partial charge in [-0.15, -0.1) is 0 Å². The Morgan fingerprint density at radius 1 is 1.18 bits per heavy atom. The highest BCUT2D eigenvalue weighted by Crippen LogP contribution is 2.21. The van der Waals surface area contributed by atoms with Gasteiger partial charge in [-0.1, -0.05) is 18.2 Å². The molecule has 2 rings (SSSR count). The number of carbonyl (C=O) groups is 1. The minimum Gasteiger partial charge on any atom is -0.507 e. The number of phenolic OH excluding ortho intramolecular Hbond substituents is 1. The summed E-state index contributed by atoms with van der Waals surface area (Å²) in [6.45, 7) is 2.41. The van der Waals surface area contributed by atoms with Gasteiger partial charge >= 0.3 is 0 Å². The van der Waals surface area contributed by atoms with Crippen molar-refractivity contribution in [3.63, 3.8) is 0 Å². The molecule has 2 aromatic carbocycles. The van der Waals surface area contributed by atoms with Gasteiger partial charge in [-0.2, -0.15) is 0 Å². The summed E-state index contributed by atoms with van der Waals surface area (Å²) < 4.78 is 10.6. The van der Waals surface area contributed by atoms with E-state index in [2.05, 4.69) is 5.32 Å². The highest BCUT2D eigenvalue weighted by atomic mass is 16.5. The Balaban J connectivity index is 1.83. The van der Waals surface area contributed by atoms with Gasteiger partial charge in [-0.05, 0) is 30.7 Å². The van der Waals surface area contributed by atoms with Crippen LogP contribution < -0.4 is 14.8 Å². The van der Waals surface area contributed by atoms with Crippen LogP contribution in [-0.2, 0) is 0 Å². The normalized spacial score (nSPS) is 10.1. The molecular formula is C17H19NO4. The number of carbonyl (C=O) groups excluding carboxylic acids is 1. The van der Waals surface area contributed by atoms with Crippen LogP contribution in [0.5, 0.6) is 17.2 Å². The number of methoxy groups -OCH3 is 1. The van der Waals surface area contributed by atoms with Crippen molar-refractivity contribution >= 4 is 5.91 Å². The number of aryl methyl sites for hydroxylation is 1. The van der Waals surface area contributed by atoms with E-state index < -0.39 is 0 Å². The van der Waals surface area contributed by atoms with Crippen molar-refractivity contribution < 1.29 is 19.4 Å².